The average Bonchev–Trinajstić information content (AvgIpc) is 3.11. The van der Waals surface area contributed by atoms with Gasteiger partial charge in [0.05, 0.1) is 12.1 Å². The highest BCUT2D eigenvalue weighted by atomic mass is 35.5. The van der Waals surface area contributed by atoms with Gasteiger partial charge in [0.1, 0.15) is 17.3 Å². The maximum Gasteiger partial charge on any atom is 0.137 e. The first kappa shape index (κ1) is 18.6. The van der Waals surface area contributed by atoms with E-state index in [1.807, 2.05) is 30.6 Å². The van der Waals surface area contributed by atoms with E-state index in [0.29, 0.717) is 17.9 Å². The molecule has 4 nitrogen and oxygen atoms in total. The summed E-state index contributed by atoms with van der Waals surface area (Å²) in [6.45, 7) is 3.47. The lowest BCUT2D eigenvalue weighted by Gasteiger charge is -2.35. The molecule has 0 saturated carbocycles. The number of furan rings is 1. The van der Waals surface area contributed by atoms with Gasteiger partial charge in [0.15, 0.2) is 0 Å². The smallest absolute Gasteiger partial charge is 0.137 e. The van der Waals surface area contributed by atoms with E-state index in [2.05, 4.69) is 27.3 Å². The Hall–Kier alpha value is -2.21. The highest BCUT2D eigenvalue weighted by Gasteiger charge is 2.24. The molecule has 0 radical (unpaired) electrons. The van der Waals surface area contributed by atoms with Gasteiger partial charge >= 0.3 is 0 Å². The van der Waals surface area contributed by atoms with Crippen molar-refractivity contribution in [1.82, 2.24) is 15.2 Å². The van der Waals surface area contributed by atoms with Crippen LogP contribution in [0.3, 0.4) is 0 Å². The molecule has 4 rings (SSSR count). The molecule has 1 aliphatic heterocycles. The Kier molecular flexibility index (Phi) is 6.04. The van der Waals surface area contributed by atoms with E-state index in [0.717, 1.165) is 25.4 Å². The molecule has 136 valence electrons. The molecule has 1 unspecified atom stereocenters. The zero-order chi connectivity index (χ0) is 17.1. The summed E-state index contributed by atoms with van der Waals surface area (Å²) in [5, 5.41) is 3.45. The number of rotatable bonds is 4. The predicted octanol–water partition coefficient (Wildman–Crippen LogP) is 4.05. The molecule has 1 aromatic carbocycles. The van der Waals surface area contributed by atoms with E-state index in [1.165, 1.54) is 11.6 Å². The summed E-state index contributed by atoms with van der Waals surface area (Å²) >= 11 is 0. The Balaban J connectivity index is 0.00000196. The van der Waals surface area contributed by atoms with Crippen LogP contribution in [0, 0.1) is 5.82 Å². The van der Waals surface area contributed by atoms with E-state index >= 15 is 0 Å². The van der Waals surface area contributed by atoms with Gasteiger partial charge < -0.3 is 9.73 Å². The summed E-state index contributed by atoms with van der Waals surface area (Å²) in [7, 11) is 0. The van der Waals surface area contributed by atoms with E-state index in [-0.39, 0.29) is 24.3 Å². The molecule has 3 heterocycles. The minimum absolute atomic E-state index is 0. The van der Waals surface area contributed by atoms with Gasteiger partial charge in [-0.2, -0.15) is 0 Å². The van der Waals surface area contributed by atoms with Crippen LogP contribution in [0.4, 0.5) is 4.39 Å². The summed E-state index contributed by atoms with van der Waals surface area (Å²) in [6, 6.07) is 14.9. The van der Waals surface area contributed by atoms with Gasteiger partial charge in [0.2, 0.25) is 0 Å². The van der Waals surface area contributed by atoms with Crippen molar-refractivity contribution in [3.8, 4) is 11.3 Å². The maximum atomic E-state index is 13.9. The quantitative estimate of drug-likeness (QED) is 0.749. The van der Waals surface area contributed by atoms with Gasteiger partial charge in [-0.15, -0.1) is 12.4 Å². The molecule has 3 aromatic rings. The van der Waals surface area contributed by atoms with Crippen LogP contribution in [0.5, 0.6) is 0 Å². The first-order chi connectivity index (χ1) is 12.3. The van der Waals surface area contributed by atoms with Crippen molar-refractivity contribution in [2.45, 2.75) is 12.6 Å². The van der Waals surface area contributed by atoms with E-state index in [4.69, 9.17) is 4.42 Å². The second kappa shape index (κ2) is 8.45. The number of aromatic nitrogens is 1. The molecule has 0 spiro atoms. The monoisotopic (exact) mass is 373 g/mol. The molecule has 0 bridgehead atoms. The van der Waals surface area contributed by atoms with Gasteiger partial charge in [-0.3, -0.25) is 9.88 Å². The fourth-order valence-electron chi connectivity index (χ4n) is 3.32. The topological polar surface area (TPSA) is 41.3 Å². The molecule has 0 amide bonds. The second-order valence-electron chi connectivity index (χ2n) is 6.22. The van der Waals surface area contributed by atoms with Crippen LogP contribution in [0.25, 0.3) is 11.3 Å². The summed E-state index contributed by atoms with van der Waals surface area (Å²) in [4.78, 5) is 6.49. The molecule has 26 heavy (non-hydrogen) atoms. The van der Waals surface area contributed by atoms with Crippen LogP contribution in [0.2, 0.25) is 0 Å². The zero-order valence-corrected chi connectivity index (χ0v) is 15.1. The van der Waals surface area contributed by atoms with Crippen LogP contribution in [0.1, 0.15) is 17.4 Å². The van der Waals surface area contributed by atoms with E-state index in [1.54, 1.807) is 12.1 Å². The van der Waals surface area contributed by atoms with Crippen LogP contribution >= 0.6 is 12.4 Å². The van der Waals surface area contributed by atoms with Crippen molar-refractivity contribution in [2.75, 3.05) is 19.6 Å². The number of hydrogen-bond acceptors (Lipinski definition) is 4. The molecule has 1 aliphatic rings. The van der Waals surface area contributed by atoms with E-state index < -0.39 is 0 Å². The van der Waals surface area contributed by atoms with Crippen LogP contribution in [0.15, 0.2) is 65.3 Å². The molecule has 1 saturated heterocycles. The van der Waals surface area contributed by atoms with Crippen molar-refractivity contribution >= 4 is 12.4 Å². The molecule has 6 heteroatoms. The van der Waals surface area contributed by atoms with Gasteiger partial charge in [0, 0.05) is 38.1 Å². The predicted molar refractivity (Wildman–Crippen MR) is 102 cm³/mol. The number of nitrogens with zero attached hydrogens (tertiary/aromatic N) is 2. The third-order valence-corrected chi connectivity index (χ3v) is 4.61. The third kappa shape index (κ3) is 3.96. The Morgan fingerprint density at radius 3 is 2.73 bits per heavy atom. The number of hydrogen-bond donors (Lipinski definition) is 1. The third-order valence-electron chi connectivity index (χ3n) is 4.61. The average molecular weight is 374 g/mol. The molecule has 1 fully saturated rings. The first-order valence-corrected chi connectivity index (χ1v) is 8.49. The van der Waals surface area contributed by atoms with Gasteiger partial charge in [-0.25, -0.2) is 4.39 Å². The largest absolute Gasteiger partial charge is 0.460 e. The standard InChI is InChI=1S/C20H20FN3O.ClH/c21-18-4-2-1-3-17(18)20-6-5-16(25-20)14-24-12-11-23-13-19(24)15-7-9-22-10-8-15;/h1-10,19,23H,11-14H2;1H. The lowest BCUT2D eigenvalue weighted by Crippen LogP contribution is -2.45. The number of piperazine rings is 1. The van der Waals surface area contributed by atoms with E-state index in [9.17, 15) is 4.39 Å². The van der Waals surface area contributed by atoms with Crippen molar-refractivity contribution in [1.29, 1.82) is 0 Å². The lowest BCUT2D eigenvalue weighted by molar-refractivity contribution is 0.143. The lowest BCUT2D eigenvalue weighted by atomic mass is 10.0. The molecular formula is C20H21ClFN3O. The normalized spacial score (nSPS) is 17.7. The first-order valence-electron chi connectivity index (χ1n) is 8.49. The van der Waals surface area contributed by atoms with Crippen LogP contribution < -0.4 is 5.32 Å². The number of nitrogens with one attached hydrogen (secondary N) is 1. The molecule has 1 N–H and O–H groups in total. The van der Waals surface area contributed by atoms with Crippen molar-refractivity contribution in [2.24, 2.45) is 0 Å². The molecule has 1 atom stereocenters. The molecule has 2 aromatic heterocycles. The molecule has 0 aliphatic carbocycles. The maximum absolute atomic E-state index is 13.9. The minimum Gasteiger partial charge on any atom is -0.460 e. The van der Waals surface area contributed by atoms with Crippen molar-refractivity contribution in [3.63, 3.8) is 0 Å². The van der Waals surface area contributed by atoms with Crippen molar-refractivity contribution in [3.05, 3.63) is 78.1 Å². The summed E-state index contributed by atoms with van der Waals surface area (Å²) < 4.78 is 19.9. The highest BCUT2D eigenvalue weighted by Crippen LogP contribution is 2.28. The van der Waals surface area contributed by atoms with Crippen LogP contribution in [-0.2, 0) is 6.54 Å². The van der Waals surface area contributed by atoms with Gasteiger partial charge in [0.25, 0.3) is 0 Å². The minimum atomic E-state index is -0.264. The number of pyridine rings is 1. The van der Waals surface area contributed by atoms with Crippen molar-refractivity contribution < 1.29 is 8.81 Å². The van der Waals surface area contributed by atoms with Crippen LogP contribution in [-0.4, -0.2) is 29.5 Å². The highest BCUT2D eigenvalue weighted by molar-refractivity contribution is 5.85. The summed E-state index contributed by atoms with van der Waals surface area (Å²) in [5.41, 5.74) is 1.74. The fourth-order valence-corrected chi connectivity index (χ4v) is 3.32. The number of halogens is 2. The Bertz CT molecular complexity index is 840. The summed E-state index contributed by atoms with van der Waals surface area (Å²) in [5.74, 6) is 1.16. The summed E-state index contributed by atoms with van der Waals surface area (Å²) in [6.07, 6.45) is 3.65. The second-order valence-corrected chi connectivity index (χ2v) is 6.22. The Morgan fingerprint density at radius 2 is 1.92 bits per heavy atom. The Labute approximate surface area is 158 Å². The molecular weight excluding hydrogens is 353 g/mol. The zero-order valence-electron chi connectivity index (χ0n) is 14.3. The van der Waals surface area contributed by atoms with Gasteiger partial charge in [-0.1, -0.05) is 12.1 Å². The van der Waals surface area contributed by atoms with Gasteiger partial charge in [-0.05, 0) is 42.0 Å². The Morgan fingerprint density at radius 1 is 1.12 bits per heavy atom. The fraction of sp³-hybridized carbons (Fsp3) is 0.250. The number of benzene rings is 1. The SMILES string of the molecule is Cl.Fc1ccccc1-c1ccc(CN2CCNCC2c2ccncc2)o1.